The van der Waals surface area contributed by atoms with Crippen LogP contribution in [0.4, 0.5) is 0 Å². The fourth-order valence-corrected chi connectivity index (χ4v) is 3.42. The zero-order chi connectivity index (χ0) is 12.0. The molecule has 0 amide bonds. The molecule has 2 heterocycles. The zero-order valence-electron chi connectivity index (χ0n) is 9.95. The topological polar surface area (TPSA) is 47.0 Å². The largest absolute Gasteiger partial charge is 0.240 e. The van der Waals surface area contributed by atoms with Gasteiger partial charge in [0.2, 0.25) is 0 Å². The third-order valence-electron chi connectivity index (χ3n) is 2.86. The van der Waals surface area contributed by atoms with E-state index in [0.717, 1.165) is 17.7 Å². The second kappa shape index (κ2) is 3.55. The molecule has 4 heteroatoms. The average molecular weight is 239 g/mol. The summed E-state index contributed by atoms with van der Waals surface area (Å²) in [6.45, 7) is 6.12. The fourth-order valence-electron chi connectivity index (χ4n) is 1.90. The summed E-state index contributed by atoms with van der Waals surface area (Å²) in [4.78, 5) is 4.35. The van der Waals surface area contributed by atoms with Gasteiger partial charge < -0.3 is 0 Å². The van der Waals surface area contributed by atoms with Gasteiger partial charge in [0.1, 0.15) is 0 Å². The standard InChI is InChI=1S/C12H17NO2S/c1-12(2,3)10-7-6-9-5-4-8-16(14,15)11(9)13-10/h6-7H,4-5,8H2,1-3H3. The molecule has 1 aliphatic rings. The van der Waals surface area contributed by atoms with Crippen molar-refractivity contribution in [3.05, 3.63) is 23.4 Å². The van der Waals surface area contributed by atoms with Crippen LogP contribution in [0.1, 0.15) is 38.4 Å². The van der Waals surface area contributed by atoms with Crippen LogP contribution in [0.15, 0.2) is 17.2 Å². The average Bonchev–Trinajstić information content (AvgIpc) is 2.15. The molecule has 0 radical (unpaired) electrons. The van der Waals surface area contributed by atoms with Gasteiger partial charge in [0.15, 0.2) is 14.9 Å². The van der Waals surface area contributed by atoms with Crippen LogP contribution in [0.25, 0.3) is 0 Å². The quantitative estimate of drug-likeness (QED) is 0.696. The maximum Gasteiger partial charge on any atom is 0.195 e. The van der Waals surface area contributed by atoms with E-state index in [1.807, 2.05) is 32.9 Å². The van der Waals surface area contributed by atoms with E-state index in [0.29, 0.717) is 11.4 Å². The molecule has 0 aromatic carbocycles. The lowest BCUT2D eigenvalue weighted by Crippen LogP contribution is -2.21. The fraction of sp³-hybridized carbons (Fsp3) is 0.583. The van der Waals surface area contributed by atoms with E-state index in [9.17, 15) is 8.42 Å². The first-order valence-corrected chi connectivity index (χ1v) is 7.19. The molecule has 3 nitrogen and oxygen atoms in total. The molecule has 0 saturated carbocycles. The van der Waals surface area contributed by atoms with Crippen LogP contribution in [0.3, 0.4) is 0 Å². The van der Waals surface area contributed by atoms with E-state index < -0.39 is 9.84 Å². The van der Waals surface area contributed by atoms with Crippen LogP contribution >= 0.6 is 0 Å². The lowest BCUT2D eigenvalue weighted by Gasteiger charge is -2.21. The lowest BCUT2D eigenvalue weighted by atomic mass is 9.91. The van der Waals surface area contributed by atoms with Crippen LogP contribution in [-0.4, -0.2) is 19.2 Å². The third kappa shape index (κ3) is 1.98. The molecule has 0 atom stereocenters. The molecule has 1 aromatic heterocycles. The minimum Gasteiger partial charge on any atom is -0.240 e. The summed E-state index contributed by atoms with van der Waals surface area (Å²) < 4.78 is 23.8. The molecule has 2 rings (SSSR count). The number of fused-ring (bicyclic) bond motifs is 1. The van der Waals surface area contributed by atoms with Gasteiger partial charge in [-0.1, -0.05) is 26.8 Å². The van der Waals surface area contributed by atoms with Gasteiger partial charge in [-0.25, -0.2) is 13.4 Å². The highest BCUT2D eigenvalue weighted by molar-refractivity contribution is 7.91. The van der Waals surface area contributed by atoms with Gasteiger partial charge >= 0.3 is 0 Å². The first-order valence-electron chi connectivity index (χ1n) is 5.54. The van der Waals surface area contributed by atoms with Gasteiger partial charge in [-0.05, 0) is 24.5 Å². The van der Waals surface area contributed by atoms with Gasteiger partial charge in [0.05, 0.1) is 5.75 Å². The maximum absolute atomic E-state index is 11.9. The van der Waals surface area contributed by atoms with Crippen molar-refractivity contribution < 1.29 is 8.42 Å². The van der Waals surface area contributed by atoms with Gasteiger partial charge in [-0.15, -0.1) is 0 Å². The summed E-state index contributed by atoms with van der Waals surface area (Å²) in [6.07, 6.45) is 1.54. The van der Waals surface area contributed by atoms with Crippen molar-refractivity contribution in [1.82, 2.24) is 4.98 Å². The van der Waals surface area contributed by atoms with E-state index in [1.54, 1.807) is 0 Å². The Bertz CT molecular complexity index is 512. The summed E-state index contributed by atoms with van der Waals surface area (Å²) >= 11 is 0. The number of pyridine rings is 1. The number of nitrogens with zero attached hydrogens (tertiary/aromatic N) is 1. The van der Waals surface area contributed by atoms with Gasteiger partial charge in [0, 0.05) is 11.1 Å². The van der Waals surface area contributed by atoms with E-state index >= 15 is 0 Å². The first kappa shape index (κ1) is 11.6. The van der Waals surface area contributed by atoms with Crippen molar-refractivity contribution in [2.75, 3.05) is 5.75 Å². The van der Waals surface area contributed by atoms with E-state index in [1.165, 1.54) is 0 Å². The number of sulfone groups is 1. The van der Waals surface area contributed by atoms with Crippen LogP contribution in [0.5, 0.6) is 0 Å². The molecule has 88 valence electrons. The maximum atomic E-state index is 11.9. The van der Waals surface area contributed by atoms with Crippen LogP contribution in [-0.2, 0) is 21.7 Å². The van der Waals surface area contributed by atoms with Crippen molar-refractivity contribution in [2.45, 2.75) is 44.1 Å². The highest BCUT2D eigenvalue weighted by atomic mass is 32.2. The minimum atomic E-state index is -3.14. The number of aryl methyl sites for hydroxylation is 1. The predicted molar refractivity (Wildman–Crippen MR) is 63.3 cm³/mol. The Labute approximate surface area is 96.8 Å². The van der Waals surface area contributed by atoms with Crippen LogP contribution in [0, 0.1) is 0 Å². The Balaban J connectivity index is 2.61. The molecule has 1 aromatic rings. The molecule has 0 unspecified atom stereocenters. The van der Waals surface area contributed by atoms with Crippen molar-refractivity contribution in [3.8, 4) is 0 Å². The highest BCUT2D eigenvalue weighted by Gasteiger charge is 2.27. The molecule has 0 fully saturated rings. The first-order chi connectivity index (χ1) is 7.31. The summed E-state index contributed by atoms with van der Waals surface area (Å²) in [5, 5.41) is 0.311. The van der Waals surface area contributed by atoms with E-state index in [-0.39, 0.29) is 11.2 Å². The summed E-state index contributed by atoms with van der Waals surface area (Å²) in [6, 6.07) is 3.86. The van der Waals surface area contributed by atoms with Crippen LogP contribution in [0.2, 0.25) is 0 Å². The predicted octanol–water partition coefficient (Wildman–Crippen LogP) is 2.10. The molecule has 0 saturated heterocycles. The van der Waals surface area contributed by atoms with Crippen molar-refractivity contribution >= 4 is 9.84 Å². The number of aromatic nitrogens is 1. The lowest BCUT2D eigenvalue weighted by molar-refractivity contribution is 0.549. The molecule has 0 bridgehead atoms. The summed E-state index contributed by atoms with van der Waals surface area (Å²) in [5.41, 5.74) is 1.61. The molecule has 1 aliphatic heterocycles. The zero-order valence-corrected chi connectivity index (χ0v) is 10.8. The third-order valence-corrected chi connectivity index (χ3v) is 4.63. The monoisotopic (exact) mass is 239 g/mol. The molecule has 0 N–H and O–H groups in total. The van der Waals surface area contributed by atoms with Crippen molar-refractivity contribution in [1.29, 1.82) is 0 Å². The van der Waals surface area contributed by atoms with Crippen molar-refractivity contribution in [3.63, 3.8) is 0 Å². The van der Waals surface area contributed by atoms with Gasteiger partial charge in [-0.2, -0.15) is 0 Å². The Kier molecular flexibility index (Phi) is 2.57. The molecular formula is C12H17NO2S. The van der Waals surface area contributed by atoms with Crippen LogP contribution < -0.4 is 0 Å². The van der Waals surface area contributed by atoms with Gasteiger partial charge in [-0.3, -0.25) is 0 Å². The number of hydrogen-bond donors (Lipinski definition) is 0. The minimum absolute atomic E-state index is 0.109. The number of rotatable bonds is 0. The Hall–Kier alpha value is -0.900. The summed E-state index contributed by atoms with van der Waals surface area (Å²) in [7, 11) is -3.14. The van der Waals surface area contributed by atoms with Crippen molar-refractivity contribution in [2.24, 2.45) is 0 Å². The van der Waals surface area contributed by atoms with E-state index in [2.05, 4.69) is 4.98 Å². The SMILES string of the molecule is CC(C)(C)c1ccc2c(n1)S(=O)(=O)CCC2. The second-order valence-corrected chi connectivity index (χ2v) is 7.36. The molecule has 16 heavy (non-hydrogen) atoms. The van der Waals surface area contributed by atoms with E-state index in [4.69, 9.17) is 0 Å². The smallest absolute Gasteiger partial charge is 0.195 e. The number of hydrogen-bond acceptors (Lipinski definition) is 3. The molecular weight excluding hydrogens is 222 g/mol. The molecule has 0 aliphatic carbocycles. The second-order valence-electron chi connectivity index (χ2n) is 5.33. The molecule has 0 spiro atoms. The normalized spacial score (nSPS) is 19.2. The Morgan fingerprint density at radius 2 is 1.94 bits per heavy atom. The summed E-state index contributed by atoms with van der Waals surface area (Å²) in [5.74, 6) is 0.237. The highest BCUT2D eigenvalue weighted by Crippen LogP contribution is 2.27. The van der Waals surface area contributed by atoms with Gasteiger partial charge in [0.25, 0.3) is 0 Å². The Morgan fingerprint density at radius 1 is 1.25 bits per heavy atom. The Morgan fingerprint density at radius 3 is 2.56 bits per heavy atom.